The molecular weight excluding hydrogens is 247 g/mol. The number of rotatable bonds is 8. The Balaban J connectivity index is 2.31. The van der Waals surface area contributed by atoms with Crippen molar-refractivity contribution in [3.8, 4) is 0 Å². The van der Waals surface area contributed by atoms with Gasteiger partial charge >= 0.3 is 6.18 Å². The molecule has 0 amide bonds. The van der Waals surface area contributed by atoms with Crippen molar-refractivity contribution in [3.63, 3.8) is 0 Å². The van der Waals surface area contributed by atoms with Gasteiger partial charge in [-0.05, 0) is 12.8 Å². The normalized spacial score (nSPS) is 11.8. The third-order valence-electron chi connectivity index (χ3n) is 2.38. The van der Waals surface area contributed by atoms with E-state index in [-0.39, 0.29) is 6.42 Å². The lowest BCUT2D eigenvalue weighted by Gasteiger charge is -2.10. The van der Waals surface area contributed by atoms with Gasteiger partial charge in [0.25, 0.3) is 0 Å². The highest BCUT2D eigenvalue weighted by molar-refractivity contribution is 5.25. The molecule has 1 aromatic rings. The molecule has 0 radical (unpaired) electrons. The molecule has 1 aromatic heterocycles. The molecule has 1 rings (SSSR count). The monoisotopic (exact) mass is 265 g/mol. The lowest BCUT2D eigenvalue weighted by molar-refractivity contribution is -0.135. The maximum Gasteiger partial charge on any atom is 0.389 e. The highest BCUT2D eigenvalue weighted by atomic mass is 19.4. The number of alkyl halides is 3. The van der Waals surface area contributed by atoms with Gasteiger partial charge in [0.05, 0.1) is 0 Å². The average molecular weight is 265 g/mol. The first-order valence-corrected chi connectivity index (χ1v) is 5.83. The predicted molar refractivity (Wildman–Crippen MR) is 62.5 cm³/mol. The quantitative estimate of drug-likeness (QED) is 0.734. The Morgan fingerprint density at radius 3 is 2.83 bits per heavy atom. The Hall–Kier alpha value is -1.24. The fourth-order valence-electron chi connectivity index (χ4n) is 1.52. The number of hydrogen-bond acceptors (Lipinski definition) is 3. The number of halogens is 3. The van der Waals surface area contributed by atoms with Crippen molar-refractivity contribution in [1.29, 1.82) is 0 Å². The second-order valence-electron chi connectivity index (χ2n) is 3.94. The third-order valence-corrected chi connectivity index (χ3v) is 2.38. The molecule has 0 unspecified atom stereocenters. The summed E-state index contributed by atoms with van der Waals surface area (Å²) in [5.41, 5.74) is 0. The fraction of sp³-hybridized carbons (Fsp3) is 0.727. The summed E-state index contributed by atoms with van der Waals surface area (Å²) in [5.74, 6) is 0.605. The van der Waals surface area contributed by atoms with Crippen LogP contribution in [0, 0.1) is 0 Å². The second kappa shape index (κ2) is 7.25. The zero-order valence-corrected chi connectivity index (χ0v) is 10.3. The van der Waals surface area contributed by atoms with Crippen molar-refractivity contribution in [1.82, 2.24) is 9.55 Å². The Morgan fingerprint density at radius 1 is 1.39 bits per heavy atom. The molecule has 0 spiro atoms. The molecule has 0 fully saturated rings. The topological polar surface area (TPSA) is 39.1 Å². The molecule has 0 saturated heterocycles. The van der Waals surface area contributed by atoms with E-state index in [1.807, 2.05) is 0 Å². The first-order valence-electron chi connectivity index (χ1n) is 5.83. The van der Waals surface area contributed by atoms with E-state index in [1.165, 1.54) is 0 Å². The average Bonchev–Trinajstić information content (AvgIpc) is 2.71. The number of anilines is 1. The van der Waals surface area contributed by atoms with Crippen molar-refractivity contribution in [2.75, 3.05) is 25.6 Å². The van der Waals surface area contributed by atoms with Gasteiger partial charge in [-0.3, -0.25) is 0 Å². The van der Waals surface area contributed by atoms with Crippen LogP contribution in [-0.2, 0) is 11.3 Å². The smallest absolute Gasteiger partial charge is 0.385 e. The van der Waals surface area contributed by atoms with Gasteiger partial charge in [0.2, 0.25) is 5.95 Å². The van der Waals surface area contributed by atoms with E-state index < -0.39 is 12.6 Å². The van der Waals surface area contributed by atoms with Crippen LogP contribution in [0.1, 0.15) is 19.3 Å². The Labute approximate surface area is 104 Å². The minimum atomic E-state index is -4.09. The van der Waals surface area contributed by atoms with Crippen LogP contribution in [0.15, 0.2) is 12.4 Å². The van der Waals surface area contributed by atoms with Gasteiger partial charge in [-0.15, -0.1) is 0 Å². The maximum absolute atomic E-state index is 12.0. The van der Waals surface area contributed by atoms with E-state index in [2.05, 4.69) is 10.3 Å². The summed E-state index contributed by atoms with van der Waals surface area (Å²) < 4.78 is 42.6. The number of hydrogen-bond donors (Lipinski definition) is 1. The fourth-order valence-corrected chi connectivity index (χ4v) is 1.52. The van der Waals surface area contributed by atoms with E-state index >= 15 is 0 Å². The van der Waals surface area contributed by atoms with Crippen LogP contribution in [0.2, 0.25) is 0 Å². The lowest BCUT2D eigenvalue weighted by Crippen LogP contribution is -2.12. The highest BCUT2D eigenvalue weighted by Gasteiger charge is 2.26. The van der Waals surface area contributed by atoms with Crippen LogP contribution < -0.4 is 5.32 Å². The second-order valence-corrected chi connectivity index (χ2v) is 3.94. The zero-order chi connectivity index (χ0) is 13.4. The molecule has 0 bridgehead atoms. The van der Waals surface area contributed by atoms with Gasteiger partial charge in [0.1, 0.15) is 0 Å². The summed E-state index contributed by atoms with van der Waals surface area (Å²) in [6.45, 7) is 1.64. The minimum absolute atomic E-state index is 0.0621. The van der Waals surface area contributed by atoms with Crippen LogP contribution in [0.5, 0.6) is 0 Å². The first-order chi connectivity index (χ1) is 8.53. The van der Waals surface area contributed by atoms with Gasteiger partial charge in [-0.25, -0.2) is 4.98 Å². The molecule has 0 aromatic carbocycles. The van der Waals surface area contributed by atoms with Crippen LogP contribution in [0.4, 0.5) is 19.1 Å². The Kier molecular flexibility index (Phi) is 5.97. The van der Waals surface area contributed by atoms with Gasteiger partial charge in [0.15, 0.2) is 0 Å². The number of methoxy groups -OCH3 is 1. The van der Waals surface area contributed by atoms with Crippen molar-refractivity contribution in [2.24, 2.45) is 0 Å². The first kappa shape index (κ1) is 14.8. The molecule has 0 aliphatic rings. The Morgan fingerprint density at radius 2 is 2.17 bits per heavy atom. The predicted octanol–water partition coefficient (Wildman–Crippen LogP) is 2.67. The number of nitrogens with zero attached hydrogens (tertiary/aromatic N) is 2. The molecule has 7 heteroatoms. The molecule has 0 atom stereocenters. The van der Waals surface area contributed by atoms with Crippen molar-refractivity contribution in [3.05, 3.63) is 12.4 Å². The summed E-state index contributed by atoms with van der Waals surface area (Å²) in [6, 6.07) is 0. The number of nitrogens with one attached hydrogen (secondary N) is 1. The van der Waals surface area contributed by atoms with Crippen LogP contribution in [0.25, 0.3) is 0 Å². The molecule has 104 valence electrons. The van der Waals surface area contributed by atoms with Crippen molar-refractivity contribution in [2.45, 2.75) is 32.0 Å². The van der Waals surface area contributed by atoms with Crippen molar-refractivity contribution < 1.29 is 17.9 Å². The van der Waals surface area contributed by atoms with Gasteiger partial charge in [0, 0.05) is 45.6 Å². The van der Waals surface area contributed by atoms with Crippen molar-refractivity contribution >= 4 is 5.95 Å². The number of ether oxygens (including phenoxy) is 1. The molecule has 0 saturated carbocycles. The zero-order valence-electron chi connectivity index (χ0n) is 10.3. The maximum atomic E-state index is 12.0. The van der Waals surface area contributed by atoms with Crippen LogP contribution in [-0.4, -0.2) is 36.0 Å². The summed E-state index contributed by atoms with van der Waals surface area (Å²) in [4.78, 5) is 4.06. The molecule has 0 aliphatic heterocycles. The van der Waals surface area contributed by atoms with E-state index in [9.17, 15) is 13.2 Å². The van der Waals surface area contributed by atoms with Crippen LogP contribution >= 0.6 is 0 Å². The number of imidazole rings is 1. The van der Waals surface area contributed by atoms with Gasteiger partial charge in [-0.1, -0.05) is 0 Å². The van der Waals surface area contributed by atoms with E-state index in [1.54, 1.807) is 24.1 Å². The standard InChI is InChI=1S/C11H18F3N3O/c1-18-9-3-5-15-10-16-6-8-17(10)7-2-4-11(12,13)14/h6,8H,2-5,7,9H2,1H3,(H,15,16). The summed E-state index contributed by atoms with van der Waals surface area (Å²) in [7, 11) is 1.62. The SMILES string of the molecule is COCCCNc1nccn1CCCC(F)(F)F. The van der Waals surface area contributed by atoms with Gasteiger partial charge < -0.3 is 14.6 Å². The van der Waals surface area contributed by atoms with E-state index in [0.29, 0.717) is 25.6 Å². The summed E-state index contributed by atoms with van der Waals surface area (Å²) in [5, 5.41) is 3.07. The molecule has 4 nitrogen and oxygen atoms in total. The number of aryl methyl sites for hydroxylation is 1. The van der Waals surface area contributed by atoms with Gasteiger partial charge in [-0.2, -0.15) is 13.2 Å². The minimum Gasteiger partial charge on any atom is -0.385 e. The number of aromatic nitrogens is 2. The molecular formula is C11H18F3N3O. The molecule has 1 N–H and O–H groups in total. The largest absolute Gasteiger partial charge is 0.389 e. The lowest BCUT2D eigenvalue weighted by atomic mass is 10.3. The molecule has 0 aliphatic carbocycles. The molecule has 18 heavy (non-hydrogen) atoms. The third kappa shape index (κ3) is 5.90. The summed E-state index contributed by atoms with van der Waals surface area (Å²) in [6.07, 6.45) is -0.722. The highest BCUT2D eigenvalue weighted by Crippen LogP contribution is 2.22. The summed E-state index contributed by atoms with van der Waals surface area (Å²) >= 11 is 0. The van der Waals surface area contributed by atoms with E-state index in [4.69, 9.17) is 4.74 Å². The molecule has 1 heterocycles. The van der Waals surface area contributed by atoms with Crippen LogP contribution in [0.3, 0.4) is 0 Å². The van der Waals surface area contributed by atoms with E-state index in [0.717, 1.165) is 6.42 Å². The Bertz CT molecular complexity index is 339.